The molecule has 3 fully saturated rings. The zero-order valence-corrected chi connectivity index (χ0v) is 16.5. The summed E-state index contributed by atoms with van der Waals surface area (Å²) in [6.45, 7) is 1.79. The van der Waals surface area contributed by atoms with Crippen LogP contribution in [-0.2, 0) is 11.8 Å². The highest BCUT2D eigenvalue weighted by atomic mass is 35.5. The van der Waals surface area contributed by atoms with Crippen molar-refractivity contribution in [3.8, 4) is 5.75 Å². The minimum Gasteiger partial charge on any atom is -0.497 e. The van der Waals surface area contributed by atoms with Crippen LogP contribution < -0.4 is 20.5 Å². The second kappa shape index (κ2) is 7.44. The van der Waals surface area contributed by atoms with Gasteiger partial charge in [0.25, 0.3) is 5.56 Å². The van der Waals surface area contributed by atoms with Gasteiger partial charge >= 0.3 is 0 Å². The molecule has 8 nitrogen and oxygen atoms in total. The van der Waals surface area contributed by atoms with Crippen LogP contribution in [0.5, 0.6) is 5.75 Å². The summed E-state index contributed by atoms with van der Waals surface area (Å²) < 4.78 is 6.35. The standard InChI is InChI=1S/C19H22ClN5O3/c1-23-19(27)18(20)16(8-21-23)24-9-13-7-14(10-24)25(13)11-17(26)22-12-3-5-15(28-2)6-4-12/h3-6,8,13-14H,7,9-11H2,1-2H3,(H,22,26). The van der Waals surface area contributed by atoms with Crippen LogP contribution in [-0.4, -0.2) is 59.4 Å². The lowest BCUT2D eigenvalue weighted by atomic mass is 9.87. The predicted octanol–water partition coefficient (Wildman–Crippen LogP) is 1.34. The van der Waals surface area contributed by atoms with Gasteiger partial charge in [0, 0.05) is 37.9 Å². The van der Waals surface area contributed by atoms with Gasteiger partial charge in [-0.2, -0.15) is 5.10 Å². The average Bonchev–Trinajstić information content (AvgIpc) is 2.71. The Hall–Kier alpha value is -2.58. The monoisotopic (exact) mass is 403 g/mol. The number of fused-ring (bicyclic) bond motifs is 2. The molecule has 148 valence electrons. The van der Waals surface area contributed by atoms with Crippen molar-refractivity contribution >= 4 is 28.9 Å². The Labute approximate surface area is 167 Å². The van der Waals surface area contributed by atoms with E-state index in [2.05, 4.69) is 20.2 Å². The summed E-state index contributed by atoms with van der Waals surface area (Å²) in [7, 11) is 3.19. The van der Waals surface area contributed by atoms with Crippen molar-refractivity contribution in [1.29, 1.82) is 0 Å². The van der Waals surface area contributed by atoms with E-state index < -0.39 is 0 Å². The van der Waals surface area contributed by atoms with E-state index in [0.29, 0.717) is 12.2 Å². The molecule has 1 N–H and O–H groups in total. The number of carbonyl (C=O) groups is 1. The fourth-order valence-corrected chi connectivity index (χ4v) is 4.20. The van der Waals surface area contributed by atoms with Crippen LogP contribution in [0, 0.1) is 0 Å². The smallest absolute Gasteiger partial charge is 0.287 e. The fourth-order valence-electron chi connectivity index (χ4n) is 3.91. The molecule has 1 aromatic heterocycles. The quantitative estimate of drug-likeness (QED) is 0.811. The van der Waals surface area contributed by atoms with Crippen molar-refractivity contribution in [2.24, 2.45) is 7.05 Å². The summed E-state index contributed by atoms with van der Waals surface area (Å²) in [5.41, 5.74) is 1.12. The van der Waals surface area contributed by atoms with Crippen LogP contribution in [0.25, 0.3) is 0 Å². The van der Waals surface area contributed by atoms with Gasteiger partial charge in [-0.3, -0.25) is 14.5 Å². The second-order valence-electron chi connectivity index (χ2n) is 7.17. The normalized spacial score (nSPS) is 21.2. The second-order valence-corrected chi connectivity index (χ2v) is 7.55. The molecule has 2 bridgehead atoms. The minimum atomic E-state index is -0.297. The highest BCUT2D eigenvalue weighted by Gasteiger charge is 2.45. The number of anilines is 2. The number of piperazine rings is 1. The lowest BCUT2D eigenvalue weighted by molar-refractivity contribution is -0.121. The Bertz CT molecular complexity index is 934. The number of piperidine rings is 1. The van der Waals surface area contributed by atoms with Crippen molar-refractivity contribution in [2.75, 3.05) is 37.0 Å². The molecule has 2 atom stereocenters. The largest absolute Gasteiger partial charge is 0.497 e. The third-order valence-electron chi connectivity index (χ3n) is 5.44. The molecular formula is C19H22ClN5O3. The summed E-state index contributed by atoms with van der Waals surface area (Å²) in [5.74, 6) is 0.709. The molecule has 1 amide bonds. The Morgan fingerprint density at radius 1 is 1.29 bits per heavy atom. The maximum absolute atomic E-state index is 12.4. The number of rotatable bonds is 5. The van der Waals surface area contributed by atoms with E-state index in [0.717, 1.165) is 30.9 Å². The van der Waals surface area contributed by atoms with Crippen LogP contribution in [0.2, 0.25) is 5.02 Å². The van der Waals surface area contributed by atoms with Crippen LogP contribution in [0.4, 0.5) is 11.4 Å². The van der Waals surface area contributed by atoms with E-state index in [4.69, 9.17) is 16.3 Å². The Kier molecular flexibility index (Phi) is 4.99. The van der Waals surface area contributed by atoms with Crippen LogP contribution in [0.1, 0.15) is 6.42 Å². The number of amides is 1. The fraction of sp³-hybridized carbons (Fsp3) is 0.421. The maximum Gasteiger partial charge on any atom is 0.287 e. The first-order valence-corrected chi connectivity index (χ1v) is 9.50. The summed E-state index contributed by atoms with van der Waals surface area (Å²) in [5, 5.41) is 7.19. The number of carbonyl (C=O) groups excluding carboxylic acids is 1. The van der Waals surface area contributed by atoms with Crippen LogP contribution in [0.3, 0.4) is 0 Å². The first-order valence-electron chi connectivity index (χ1n) is 9.12. The molecule has 0 spiro atoms. The van der Waals surface area contributed by atoms with E-state index in [1.54, 1.807) is 20.4 Å². The van der Waals surface area contributed by atoms with Crippen molar-refractivity contribution in [2.45, 2.75) is 18.5 Å². The molecule has 1 aromatic carbocycles. The van der Waals surface area contributed by atoms with Crippen molar-refractivity contribution in [3.63, 3.8) is 0 Å². The molecule has 3 saturated heterocycles. The lowest BCUT2D eigenvalue weighted by Crippen LogP contribution is -2.69. The number of nitrogens with zero attached hydrogens (tertiary/aromatic N) is 4. The molecule has 28 heavy (non-hydrogen) atoms. The molecule has 0 aliphatic carbocycles. The van der Waals surface area contributed by atoms with Gasteiger partial charge in [-0.25, -0.2) is 4.68 Å². The van der Waals surface area contributed by atoms with E-state index in [-0.39, 0.29) is 28.6 Å². The summed E-state index contributed by atoms with van der Waals surface area (Å²) in [6.07, 6.45) is 2.68. The molecule has 4 heterocycles. The highest BCUT2D eigenvalue weighted by molar-refractivity contribution is 6.33. The SMILES string of the molecule is COc1ccc(NC(=O)CN2C3CC2CN(c2cnn(C)c(=O)c2Cl)C3)cc1. The van der Waals surface area contributed by atoms with Crippen LogP contribution in [0.15, 0.2) is 35.3 Å². The van der Waals surface area contributed by atoms with Crippen molar-refractivity contribution in [1.82, 2.24) is 14.7 Å². The van der Waals surface area contributed by atoms with Gasteiger partial charge in [0.1, 0.15) is 10.8 Å². The van der Waals surface area contributed by atoms with E-state index in [9.17, 15) is 9.59 Å². The molecule has 2 aromatic rings. The minimum absolute atomic E-state index is 0.0402. The number of ether oxygens (including phenoxy) is 1. The topological polar surface area (TPSA) is 79.7 Å². The van der Waals surface area contributed by atoms with Gasteiger partial charge in [0.05, 0.1) is 25.5 Å². The third kappa shape index (κ3) is 3.45. The molecule has 5 rings (SSSR count). The van der Waals surface area contributed by atoms with Gasteiger partial charge in [-0.05, 0) is 30.7 Å². The number of benzene rings is 1. The molecule has 3 aliphatic heterocycles. The number of halogens is 1. The van der Waals surface area contributed by atoms with E-state index in [1.165, 1.54) is 4.68 Å². The molecular weight excluding hydrogens is 382 g/mol. The first-order chi connectivity index (χ1) is 13.5. The predicted molar refractivity (Wildman–Crippen MR) is 107 cm³/mol. The molecule has 9 heteroatoms. The number of aryl methyl sites for hydroxylation is 1. The average molecular weight is 404 g/mol. The van der Waals surface area contributed by atoms with Crippen molar-refractivity contribution < 1.29 is 9.53 Å². The molecule has 3 aliphatic rings. The lowest BCUT2D eigenvalue weighted by Gasteiger charge is -2.56. The van der Waals surface area contributed by atoms with Crippen molar-refractivity contribution in [3.05, 3.63) is 45.8 Å². The first kappa shape index (κ1) is 18.8. The highest BCUT2D eigenvalue weighted by Crippen LogP contribution is 2.35. The number of nitrogens with one attached hydrogen (secondary N) is 1. The van der Waals surface area contributed by atoms with Gasteiger partial charge in [-0.1, -0.05) is 11.6 Å². The van der Waals surface area contributed by atoms with Crippen LogP contribution >= 0.6 is 11.6 Å². The Morgan fingerprint density at radius 3 is 2.61 bits per heavy atom. The Balaban J connectivity index is 1.36. The summed E-state index contributed by atoms with van der Waals surface area (Å²) in [4.78, 5) is 28.7. The van der Waals surface area contributed by atoms with Gasteiger partial charge < -0.3 is 15.0 Å². The molecule has 0 saturated carbocycles. The third-order valence-corrected chi connectivity index (χ3v) is 5.80. The van der Waals surface area contributed by atoms with Gasteiger partial charge in [-0.15, -0.1) is 0 Å². The zero-order valence-electron chi connectivity index (χ0n) is 15.8. The summed E-state index contributed by atoms with van der Waals surface area (Å²) >= 11 is 6.23. The van der Waals surface area contributed by atoms with Gasteiger partial charge in [0.2, 0.25) is 5.91 Å². The molecule has 2 unspecified atom stereocenters. The number of hydrogen-bond acceptors (Lipinski definition) is 6. The maximum atomic E-state index is 12.4. The summed E-state index contributed by atoms with van der Waals surface area (Å²) in [6, 6.07) is 7.79. The number of hydrogen-bond donors (Lipinski definition) is 1. The molecule has 0 radical (unpaired) electrons. The number of aromatic nitrogens is 2. The zero-order chi connectivity index (χ0) is 19.8. The van der Waals surface area contributed by atoms with E-state index in [1.807, 2.05) is 24.3 Å². The Morgan fingerprint density at radius 2 is 1.96 bits per heavy atom. The van der Waals surface area contributed by atoms with Gasteiger partial charge in [0.15, 0.2) is 0 Å². The number of methoxy groups -OCH3 is 1. The van der Waals surface area contributed by atoms with E-state index >= 15 is 0 Å².